The van der Waals surface area contributed by atoms with Gasteiger partial charge in [0.2, 0.25) is 0 Å². The largest absolute Gasteiger partial charge is 0.456 e. The highest BCUT2D eigenvalue weighted by Gasteiger charge is 2.19. The Bertz CT molecular complexity index is 625. The van der Waals surface area contributed by atoms with Gasteiger partial charge in [0.25, 0.3) is 0 Å². The summed E-state index contributed by atoms with van der Waals surface area (Å²) in [6, 6.07) is 3.65. The number of esters is 1. The van der Waals surface area contributed by atoms with Gasteiger partial charge >= 0.3 is 5.97 Å². The lowest BCUT2D eigenvalue weighted by Crippen LogP contribution is -2.24. The van der Waals surface area contributed by atoms with Crippen molar-refractivity contribution in [1.29, 1.82) is 0 Å². The van der Waals surface area contributed by atoms with E-state index in [0.29, 0.717) is 5.56 Å². The predicted molar refractivity (Wildman–Crippen MR) is 96.1 cm³/mol. The second-order valence-corrected chi connectivity index (χ2v) is 12.2. The van der Waals surface area contributed by atoms with E-state index in [4.69, 9.17) is 4.74 Å². The molecule has 3 nitrogen and oxygen atoms in total. The molecule has 0 heterocycles. The molecular formula is C18H27NO2Si. The second kappa shape index (κ2) is 6.58. The maximum absolute atomic E-state index is 12.3. The van der Waals surface area contributed by atoms with Crippen LogP contribution in [0, 0.1) is 18.4 Å². The molecule has 1 aromatic carbocycles. The van der Waals surface area contributed by atoms with Gasteiger partial charge in [0.15, 0.2) is 0 Å². The van der Waals surface area contributed by atoms with Crippen molar-refractivity contribution < 1.29 is 9.53 Å². The van der Waals surface area contributed by atoms with Crippen molar-refractivity contribution in [3.63, 3.8) is 0 Å². The van der Waals surface area contributed by atoms with E-state index < -0.39 is 13.7 Å². The van der Waals surface area contributed by atoms with Crippen molar-refractivity contribution in [3.05, 3.63) is 28.8 Å². The number of hydrogen-bond donors (Lipinski definition) is 1. The van der Waals surface area contributed by atoms with Gasteiger partial charge in [-0.05, 0) is 45.4 Å². The van der Waals surface area contributed by atoms with Gasteiger partial charge < -0.3 is 10.1 Å². The van der Waals surface area contributed by atoms with E-state index in [1.54, 1.807) is 0 Å². The Balaban J connectivity index is 3.31. The smallest absolute Gasteiger partial charge is 0.338 e. The number of benzene rings is 1. The fourth-order valence-corrected chi connectivity index (χ4v) is 2.32. The third kappa shape index (κ3) is 5.57. The van der Waals surface area contributed by atoms with Crippen LogP contribution in [-0.4, -0.2) is 26.7 Å². The highest BCUT2D eigenvalue weighted by atomic mass is 28.3. The van der Waals surface area contributed by atoms with E-state index in [1.165, 1.54) is 0 Å². The molecule has 0 radical (unpaired) electrons. The van der Waals surface area contributed by atoms with E-state index in [-0.39, 0.29) is 5.97 Å². The maximum atomic E-state index is 12.3. The lowest BCUT2D eigenvalue weighted by molar-refractivity contribution is 0.00695. The molecule has 4 heteroatoms. The van der Waals surface area contributed by atoms with Crippen LogP contribution in [0.15, 0.2) is 12.1 Å². The normalized spacial score (nSPS) is 11.5. The van der Waals surface area contributed by atoms with Crippen LogP contribution in [0.2, 0.25) is 19.6 Å². The molecule has 0 aliphatic rings. The van der Waals surface area contributed by atoms with Crippen LogP contribution >= 0.6 is 0 Å². The monoisotopic (exact) mass is 317 g/mol. The molecule has 0 bridgehead atoms. The van der Waals surface area contributed by atoms with Crippen molar-refractivity contribution in [1.82, 2.24) is 0 Å². The molecule has 0 aliphatic carbocycles. The molecule has 22 heavy (non-hydrogen) atoms. The molecule has 1 aromatic rings. The summed E-state index contributed by atoms with van der Waals surface area (Å²) in [4.78, 5) is 12.3. The van der Waals surface area contributed by atoms with Gasteiger partial charge in [-0.25, -0.2) is 4.79 Å². The van der Waals surface area contributed by atoms with E-state index in [0.717, 1.165) is 16.8 Å². The Morgan fingerprint density at radius 2 is 1.82 bits per heavy atom. The number of anilines is 1. The number of nitrogens with one attached hydrogen (secondary N) is 1. The molecule has 0 fully saturated rings. The fraction of sp³-hybridized carbons (Fsp3) is 0.500. The zero-order chi connectivity index (χ0) is 17.1. The molecule has 0 unspecified atom stereocenters. The Kier molecular flexibility index (Phi) is 5.48. The van der Waals surface area contributed by atoms with Crippen molar-refractivity contribution in [3.8, 4) is 11.5 Å². The van der Waals surface area contributed by atoms with Crippen LogP contribution in [0.3, 0.4) is 0 Å². The number of rotatable bonds is 2. The first-order chi connectivity index (χ1) is 9.93. The Morgan fingerprint density at radius 3 is 2.27 bits per heavy atom. The molecule has 0 aliphatic heterocycles. The van der Waals surface area contributed by atoms with Crippen LogP contribution < -0.4 is 5.32 Å². The summed E-state index contributed by atoms with van der Waals surface area (Å²) in [6.45, 7) is 14.2. The van der Waals surface area contributed by atoms with Crippen molar-refractivity contribution in [2.24, 2.45) is 0 Å². The molecule has 0 spiro atoms. The minimum Gasteiger partial charge on any atom is -0.456 e. The number of ether oxygens (including phenoxy) is 1. The van der Waals surface area contributed by atoms with E-state index in [9.17, 15) is 4.79 Å². The van der Waals surface area contributed by atoms with Crippen LogP contribution in [0.25, 0.3) is 0 Å². The molecule has 120 valence electrons. The van der Waals surface area contributed by atoms with Crippen LogP contribution in [0.4, 0.5) is 5.69 Å². The topological polar surface area (TPSA) is 38.3 Å². The number of carbonyl (C=O) groups excluding carboxylic acids is 1. The van der Waals surface area contributed by atoms with Crippen molar-refractivity contribution >= 4 is 19.7 Å². The molecule has 0 amide bonds. The molecule has 0 aromatic heterocycles. The van der Waals surface area contributed by atoms with Gasteiger partial charge in [0.1, 0.15) is 13.7 Å². The molecular weight excluding hydrogens is 290 g/mol. The van der Waals surface area contributed by atoms with E-state index in [2.05, 4.69) is 36.4 Å². The quantitative estimate of drug-likeness (QED) is 0.504. The summed E-state index contributed by atoms with van der Waals surface area (Å²) in [5, 5.41) is 3.13. The first-order valence-corrected chi connectivity index (χ1v) is 11.0. The SMILES string of the molecule is CNc1cc(C(=O)OC(C)(C)C)cc(C#C[Si](C)(C)C)c1C. The average molecular weight is 318 g/mol. The first-order valence-electron chi connectivity index (χ1n) is 7.52. The fourth-order valence-electron chi connectivity index (χ4n) is 1.81. The maximum Gasteiger partial charge on any atom is 0.338 e. The predicted octanol–water partition coefficient (Wildman–Crippen LogP) is 4.22. The zero-order valence-corrected chi connectivity index (χ0v) is 16.0. The Labute approximate surface area is 135 Å². The highest BCUT2D eigenvalue weighted by Crippen LogP contribution is 2.23. The van der Waals surface area contributed by atoms with Crippen LogP contribution in [-0.2, 0) is 4.74 Å². The molecule has 0 atom stereocenters. The van der Waals surface area contributed by atoms with Crippen molar-refractivity contribution in [2.75, 3.05) is 12.4 Å². The number of hydrogen-bond acceptors (Lipinski definition) is 3. The van der Waals surface area contributed by atoms with Gasteiger partial charge in [0, 0.05) is 18.3 Å². The standard InChI is InChI=1S/C18H27NO2Si/c1-13-14(9-10-22(6,7)8)11-15(12-16(13)19-5)17(20)21-18(2,3)4/h11-12,19H,1-8H3. The van der Waals surface area contributed by atoms with Crippen molar-refractivity contribution in [2.45, 2.75) is 52.9 Å². The second-order valence-electron chi connectivity index (χ2n) is 7.45. The van der Waals surface area contributed by atoms with Crippen LogP contribution in [0.1, 0.15) is 42.3 Å². The first kappa shape index (κ1) is 18.3. The van der Waals surface area contributed by atoms with Crippen LogP contribution in [0.5, 0.6) is 0 Å². The lowest BCUT2D eigenvalue weighted by atomic mass is 10.0. The van der Waals surface area contributed by atoms with Gasteiger partial charge in [0.05, 0.1) is 5.56 Å². The lowest BCUT2D eigenvalue weighted by Gasteiger charge is -2.20. The summed E-state index contributed by atoms with van der Waals surface area (Å²) in [6.07, 6.45) is 0. The summed E-state index contributed by atoms with van der Waals surface area (Å²) >= 11 is 0. The zero-order valence-electron chi connectivity index (χ0n) is 15.0. The summed E-state index contributed by atoms with van der Waals surface area (Å²) < 4.78 is 5.46. The Hall–Kier alpha value is -1.73. The van der Waals surface area contributed by atoms with E-state index >= 15 is 0 Å². The third-order valence-corrected chi connectivity index (χ3v) is 3.76. The summed E-state index contributed by atoms with van der Waals surface area (Å²) in [7, 11) is 0.373. The molecule has 1 rings (SSSR count). The minimum absolute atomic E-state index is 0.319. The average Bonchev–Trinajstić information content (AvgIpc) is 2.34. The highest BCUT2D eigenvalue weighted by molar-refractivity contribution is 6.83. The van der Waals surface area contributed by atoms with Gasteiger partial charge in [-0.15, -0.1) is 5.54 Å². The van der Waals surface area contributed by atoms with Gasteiger partial charge in [-0.1, -0.05) is 25.6 Å². The molecule has 1 N–H and O–H groups in total. The Morgan fingerprint density at radius 1 is 1.23 bits per heavy atom. The number of carbonyl (C=O) groups is 1. The molecule has 0 saturated heterocycles. The summed E-state index contributed by atoms with van der Waals surface area (Å²) in [5.74, 6) is 2.93. The summed E-state index contributed by atoms with van der Waals surface area (Å²) in [5.41, 5.74) is 6.22. The minimum atomic E-state index is -1.47. The third-order valence-electron chi connectivity index (χ3n) is 2.88. The molecule has 0 saturated carbocycles. The van der Waals surface area contributed by atoms with Gasteiger partial charge in [-0.2, -0.15) is 0 Å². The van der Waals surface area contributed by atoms with E-state index in [1.807, 2.05) is 46.9 Å². The van der Waals surface area contributed by atoms with Gasteiger partial charge in [-0.3, -0.25) is 0 Å².